The fourth-order valence-corrected chi connectivity index (χ4v) is 1.26. The van der Waals surface area contributed by atoms with E-state index in [2.05, 4.69) is 15.4 Å². The third-order valence-corrected chi connectivity index (χ3v) is 2.08. The van der Waals surface area contributed by atoms with E-state index in [-0.39, 0.29) is 17.2 Å². The summed E-state index contributed by atoms with van der Waals surface area (Å²) in [4.78, 5) is 25.1. The molecule has 0 bridgehead atoms. The summed E-state index contributed by atoms with van der Waals surface area (Å²) in [6, 6.07) is 6.07. The van der Waals surface area contributed by atoms with E-state index in [9.17, 15) is 9.59 Å². The zero-order valence-corrected chi connectivity index (χ0v) is 8.60. The highest BCUT2D eigenvalue weighted by Crippen LogP contribution is 2.04. The molecular weight excluding hydrogens is 208 g/mol. The Balaban J connectivity index is 2.21. The van der Waals surface area contributed by atoms with Gasteiger partial charge < -0.3 is 10.3 Å². The Morgan fingerprint density at radius 1 is 1.44 bits per heavy atom. The van der Waals surface area contributed by atoms with Crippen molar-refractivity contribution >= 4 is 11.7 Å². The van der Waals surface area contributed by atoms with Crippen molar-refractivity contribution in [3.8, 4) is 0 Å². The van der Waals surface area contributed by atoms with Crippen LogP contribution >= 0.6 is 0 Å². The number of carbonyl (C=O) groups is 1. The van der Waals surface area contributed by atoms with Gasteiger partial charge >= 0.3 is 0 Å². The van der Waals surface area contributed by atoms with Crippen molar-refractivity contribution in [3.05, 3.63) is 46.5 Å². The lowest BCUT2D eigenvalue weighted by Crippen LogP contribution is -2.19. The molecule has 0 saturated carbocycles. The minimum Gasteiger partial charge on any atom is -0.318 e. The van der Waals surface area contributed by atoms with Gasteiger partial charge in [-0.1, -0.05) is 6.07 Å². The van der Waals surface area contributed by atoms with Crippen LogP contribution in [0.3, 0.4) is 0 Å². The maximum absolute atomic E-state index is 11.7. The van der Waals surface area contributed by atoms with Gasteiger partial charge in [0.25, 0.3) is 5.91 Å². The molecule has 0 unspecified atom stereocenters. The molecule has 0 radical (unpaired) electrons. The zero-order valence-electron chi connectivity index (χ0n) is 8.60. The molecule has 0 spiro atoms. The lowest BCUT2D eigenvalue weighted by molar-refractivity contribution is 0.102. The van der Waals surface area contributed by atoms with Crippen LogP contribution < -0.4 is 10.9 Å². The number of hydrogen-bond acceptors (Lipinski definition) is 3. The minimum absolute atomic E-state index is 0.216. The molecule has 16 heavy (non-hydrogen) atoms. The fourth-order valence-electron chi connectivity index (χ4n) is 1.26. The van der Waals surface area contributed by atoms with Gasteiger partial charge in [-0.15, -0.1) is 0 Å². The molecule has 6 heteroatoms. The Labute approximate surface area is 90.9 Å². The van der Waals surface area contributed by atoms with Crippen LogP contribution in [-0.2, 0) is 7.05 Å². The Hall–Kier alpha value is -2.37. The van der Waals surface area contributed by atoms with Crippen molar-refractivity contribution in [1.29, 1.82) is 0 Å². The van der Waals surface area contributed by atoms with E-state index < -0.39 is 0 Å². The van der Waals surface area contributed by atoms with E-state index in [1.807, 2.05) is 0 Å². The number of H-pyrrole nitrogens is 1. The predicted molar refractivity (Wildman–Crippen MR) is 58.2 cm³/mol. The van der Waals surface area contributed by atoms with Gasteiger partial charge in [-0.05, 0) is 6.07 Å². The van der Waals surface area contributed by atoms with Crippen molar-refractivity contribution < 1.29 is 4.79 Å². The van der Waals surface area contributed by atoms with E-state index in [1.165, 1.54) is 22.9 Å². The first-order chi connectivity index (χ1) is 7.66. The highest BCUT2D eigenvalue weighted by atomic mass is 16.2. The first-order valence-corrected chi connectivity index (χ1v) is 4.65. The maximum Gasteiger partial charge on any atom is 0.273 e. The van der Waals surface area contributed by atoms with Crippen LogP contribution in [0, 0.1) is 0 Å². The van der Waals surface area contributed by atoms with Crippen LogP contribution in [0.2, 0.25) is 0 Å². The van der Waals surface area contributed by atoms with Gasteiger partial charge in [-0.2, -0.15) is 5.10 Å². The maximum atomic E-state index is 11.7. The van der Waals surface area contributed by atoms with E-state index in [0.717, 1.165) is 0 Å². The first-order valence-electron chi connectivity index (χ1n) is 4.65. The largest absolute Gasteiger partial charge is 0.318 e. The number of nitrogens with zero attached hydrogens (tertiary/aromatic N) is 2. The predicted octanol–water partition coefficient (Wildman–Crippen LogP) is 0.361. The fraction of sp³-hybridized carbons (Fsp3) is 0.100. The lowest BCUT2D eigenvalue weighted by atomic mass is 10.3. The molecule has 0 aliphatic heterocycles. The number of hydrogen-bond donors (Lipinski definition) is 2. The van der Waals surface area contributed by atoms with Crippen LogP contribution in [0.4, 0.5) is 5.82 Å². The van der Waals surface area contributed by atoms with E-state index in [1.54, 1.807) is 19.3 Å². The van der Waals surface area contributed by atoms with Crippen LogP contribution in [0.15, 0.2) is 35.3 Å². The van der Waals surface area contributed by atoms with E-state index in [4.69, 9.17) is 0 Å². The van der Waals surface area contributed by atoms with Gasteiger partial charge in [0.2, 0.25) is 5.56 Å². The molecule has 2 N–H and O–H groups in total. The van der Waals surface area contributed by atoms with Gasteiger partial charge in [0.1, 0.15) is 11.5 Å². The van der Waals surface area contributed by atoms with Crippen LogP contribution in [0.1, 0.15) is 10.5 Å². The molecule has 0 aromatic carbocycles. The van der Waals surface area contributed by atoms with Crippen LogP contribution in [-0.4, -0.2) is 20.7 Å². The third kappa shape index (κ3) is 2.00. The van der Waals surface area contributed by atoms with Crippen molar-refractivity contribution in [3.63, 3.8) is 0 Å². The van der Waals surface area contributed by atoms with Crippen molar-refractivity contribution in [2.45, 2.75) is 0 Å². The number of carbonyl (C=O) groups excluding carboxylic acids is 1. The quantitative estimate of drug-likeness (QED) is 0.763. The van der Waals surface area contributed by atoms with Gasteiger partial charge in [-0.3, -0.25) is 14.3 Å². The van der Waals surface area contributed by atoms with Crippen LogP contribution in [0.25, 0.3) is 0 Å². The Morgan fingerprint density at radius 3 is 2.88 bits per heavy atom. The third-order valence-electron chi connectivity index (χ3n) is 2.08. The van der Waals surface area contributed by atoms with Gasteiger partial charge in [-0.25, -0.2) is 0 Å². The van der Waals surface area contributed by atoms with Crippen molar-refractivity contribution in [1.82, 2.24) is 14.8 Å². The number of pyridine rings is 1. The minimum atomic E-state index is -0.374. The highest BCUT2D eigenvalue weighted by Gasteiger charge is 2.08. The average Bonchev–Trinajstić information content (AvgIpc) is 2.64. The molecule has 2 aromatic rings. The smallest absolute Gasteiger partial charge is 0.273 e. The normalized spacial score (nSPS) is 10.1. The first kappa shape index (κ1) is 10.2. The lowest BCUT2D eigenvalue weighted by Gasteiger charge is -2.04. The average molecular weight is 218 g/mol. The summed E-state index contributed by atoms with van der Waals surface area (Å²) in [7, 11) is 1.71. The second-order valence-electron chi connectivity index (χ2n) is 3.22. The Morgan fingerprint density at radius 2 is 2.25 bits per heavy atom. The van der Waals surface area contributed by atoms with Gasteiger partial charge in [0.15, 0.2) is 0 Å². The van der Waals surface area contributed by atoms with Crippen molar-refractivity contribution in [2.24, 2.45) is 7.05 Å². The molecular formula is C10H10N4O2. The second-order valence-corrected chi connectivity index (χ2v) is 3.22. The monoisotopic (exact) mass is 218 g/mol. The molecule has 1 amide bonds. The molecule has 0 atom stereocenters. The summed E-state index contributed by atoms with van der Waals surface area (Å²) in [6.45, 7) is 0. The van der Waals surface area contributed by atoms with E-state index >= 15 is 0 Å². The zero-order chi connectivity index (χ0) is 11.5. The SMILES string of the molecule is Cn1nccc1NC(=O)c1cccc(=O)[nH]1. The van der Waals surface area contributed by atoms with Crippen molar-refractivity contribution in [2.75, 3.05) is 5.32 Å². The Kier molecular flexibility index (Phi) is 2.55. The summed E-state index contributed by atoms with van der Waals surface area (Å²) in [6.07, 6.45) is 1.57. The number of amides is 1. The molecule has 2 aromatic heterocycles. The number of nitrogens with one attached hydrogen (secondary N) is 2. The van der Waals surface area contributed by atoms with Gasteiger partial charge in [0.05, 0.1) is 6.20 Å². The second kappa shape index (κ2) is 4.01. The number of aryl methyl sites for hydroxylation is 1. The molecule has 2 heterocycles. The molecule has 2 rings (SSSR count). The molecule has 82 valence electrons. The molecule has 0 aliphatic carbocycles. The molecule has 6 nitrogen and oxygen atoms in total. The molecule has 0 saturated heterocycles. The van der Waals surface area contributed by atoms with E-state index in [0.29, 0.717) is 5.82 Å². The van der Waals surface area contributed by atoms with Gasteiger partial charge in [0, 0.05) is 19.2 Å². The van der Waals surface area contributed by atoms with Crippen LogP contribution in [0.5, 0.6) is 0 Å². The topological polar surface area (TPSA) is 79.8 Å². The summed E-state index contributed by atoms with van der Waals surface area (Å²) < 4.78 is 1.53. The summed E-state index contributed by atoms with van der Waals surface area (Å²) >= 11 is 0. The summed E-state index contributed by atoms with van der Waals surface area (Å²) in [5.74, 6) is 0.191. The number of aromatic amines is 1. The number of aromatic nitrogens is 3. The molecule has 0 fully saturated rings. The molecule has 0 aliphatic rings. The standard InChI is InChI=1S/C10H10N4O2/c1-14-8(5-6-11-14)13-10(16)7-3-2-4-9(15)12-7/h2-6H,1H3,(H,12,15)(H,13,16). The Bertz CT molecular complexity index is 570. The highest BCUT2D eigenvalue weighted by molar-refractivity contribution is 6.02. The number of anilines is 1. The summed E-state index contributed by atoms with van der Waals surface area (Å²) in [5.41, 5.74) is -0.0913. The summed E-state index contributed by atoms with van der Waals surface area (Å²) in [5, 5.41) is 6.54. The number of rotatable bonds is 2.